The van der Waals surface area contributed by atoms with Gasteiger partial charge in [-0.15, -0.1) is 4.51 Å². The van der Waals surface area contributed by atoms with E-state index >= 15 is 0 Å². The third-order valence-electron chi connectivity index (χ3n) is 3.37. The van der Waals surface area contributed by atoms with E-state index in [0.717, 1.165) is 0 Å². The maximum Gasteiger partial charge on any atom is 0.322 e. The number of benzene rings is 1. The van der Waals surface area contributed by atoms with Crippen molar-refractivity contribution in [2.24, 2.45) is 10.2 Å². The number of nitrogens with one attached hydrogen (secondary N) is 2. The van der Waals surface area contributed by atoms with Gasteiger partial charge in [-0.2, -0.15) is 4.72 Å². The minimum absolute atomic E-state index is 0.0951. The lowest BCUT2D eigenvalue weighted by Gasteiger charge is -2.14. The number of nitrogens with zero attached hydrogens (tertiary/aromatic N) is 2. The van der Waals surface area contributed by atoms with E-state index in [0.29, 0.717) is 16.5 Å². The number of aliphatic carboxylic acids is 2. The molecule has 0 amide bonds. The van der Waals surface area contributed by atoms with Crippen LogP contribution in [0.15, 0.2) is 40.0 Å². The largest absolute Gasteiger partial charge is 0.481 e. The molecule has 0 bridgehead atoms. The lowest BCUT2D eigenvalue weighted by atomic mass is 10.1. The first-order valence-electron chi connectivity index (χ1n) is 7.20. The number of pyridine rings is 1. The molecule has 0 aliphatic heterocycles. The van der Waals surface area contributed by atoms with Crippen molar-refractivity contribution in [1.82, 2.24) is 9.71 Å². The van der Waals surface area contributed by atoms with Gasteiger partial charge in [-0.1, -0.05) is 6.07 Å². The molecule has 1 atom stereocenters. The molecule has 0 spiro atoms. The normalized spacial score (nSPS) is 13.3. The number of carboxylic acid groups (broad SMARTS) is 2. The molecule has 11 nitrogen and oxygen atoms in total. The lowest BCUT2D eigenvalue weighted by molar-refractivity contribution is -0.145. The van der Waals surface area contributed by atoms with Gasteiger partial charge < -0.3 is 21.3 Å². The van der Waals surface area contributed by atoms with Crippen molar-refractivity contribution in [3.63, 3.8) is 0 Å². The minimum Gasteiger partial charge on any atom is -0.481 e. The predicted octanol–water partition coefficient (Wildman–Crippen LogP) is 0.321. The van der Waals surface area contributed by atoms with Gasteiger partial charge in [-0.3, -0.25) is 14.6 Å². The minimum atomic E-state index is -4.29. The van der Waals surface area contributed by atoms with Gasteiger partial charge in [0.15, 0.2) is 0 Å². The standard InChI is InChI=1S/C14H14ClN5O6S/c15-19-14(16)18-11-6-17-5-7-3-8(1-2-9(7)11)27(25,26)20-10(13(23)24)4-12(21)22/h1-3,5-6,10,20H,4H2,(H,21,22)(H,23,24)(H3,16,18,19)/t10-/m1/s1. The molecule has 0 radical (unpaired) electrons. The van der Waals surface area contributed by atoms with Crippen LogP contribution >= 0.6 is 11.8 Å². The molecule has 6 N–H and O–H groups in total. The van der Waals surface area contributed by atoms with E-state index in [2.05, 4.69) is 14.8 Å². The topological polar surface area (TPSA) is 184 Å². The van der Waals surface area contributed by atoms with Crippen LogP contribution in [-0.4, -0.2) is 47.6 Å². The first-order chi connectivity index (χ1) is 12.6. The zero-order chi connectivity index (χ0) is 20.2. The fourth-order valence-electron chi connectivity index (χ4n) is 2.19. The number of carboxylic acids is 2. The number of fused-ring (bicyclic) bond motifs is 1. The van der Waals surface area contributed by atoms with Gasteiger partial charge in [0.05, 0.1) is 23.2 Å². The molecule has 0 aliphatic rings. The van der Waals surface area contributed by atoms with E-state index in [9.17, 15) is 18.0 Å². The average Bonchev–Trinajstić information content (AvgIpc) is 2.60. The molecular formula is C14H14ClN5O6S. The molecular weight excluding hydrogens is 402 g/mol. The molecule has 0 unspecified atom stereocenters. The number of anilines is 1. The van der Waals surface area contributed by atoms with Crippen LogP contribution in [0.25, 0.3) is 10.8 Å². The quantitative estimate of drug-likeness (QED) is 0.313. The number of carbonyl (C=O) groups is 2. The Hall–Kier alpha value is -2.96. The molecule has 1 heterocycles. The fourth-order valence-corrected chi connectivity index (χ4v) is 3.46. The van der Waals surface area contributed by atoms with E-state index < -0.39 is 34.4 Å². The number of nitrogens with two attached hydrogens (primary N) is 1. The molecule has 144 valence electrons. The second-order valence-corrected chi connectivity index (χ2v) is 7.16. The Kier molecular flexibility index (Phi) is 6.15. The summed E-state index contributed by atoms with van der Waals surface area (Å²) < 4.78 is 29.9. The third-order valence-corrected chi connectivity index (χ3v) is 5.02. The second kappa shape index (κ2) is 8.16. The summed E-state index contributed by atoms with van der Waals surface area (Å²) >= 11 is 5.25. The van der Waals surface area contributed by atoms with Crippen molar-refractivity contribution in [1.29, 1.82) is 0 Å². The number of rotatable bonds is 7. The monoisotopic (exact) mass is 415 g/mol. The molecule has 1 aromatic carbocycles. The molecule has 27 heavy (non-hydrogen) atoms. The zero-order valence-electron chi connectivity index (χ0n) is 13.5. The molecule has 0 fully saturated rings. The van der Waals surface area contributed by atoms with Gasteiger partial charge >= 0.3 is 11.9 Å². The second-order valence-electron chi connectivity index (χ2n) is 5.27. The number of sulfonamides is 1. The van der Waals surface area contributed by atoms with E-state index in [1.165, 1.54) is 30.6 Å². The first-order valence-corrected chi connectivity index (χ1v) is 9.02. The van der Waals surface area contributed by atoms with Gasteiger partial charge in [-0.25, -0.2) is 8.42 Å². The number of hydrogen-bond donors (Lipinski definition) is 5. The van der Waals surface area contributed by atoms with E-state index in [1.807, 2.05) is 4.72 Å². The van der Waals surface area contributed by atoms with Crippen molar-refractivity contribution in [2.45, 2.75) is 17.4 Å². The van der Waals surface area contributed by atoms with Crippen LogP contribution in [-0.2, 0) is 19.6 Å². The van der Waals surface area contributed by atoms with Crippen LogP contribution in [0.1, 0.15) is 6.42 Å². The number of halogens is 1. The molecule has 2 rings (SSSR count). The molecule has 1 aromatic heterocycles. The summed E-state index contributed by atoms with van der Waals surface area (Å²) in [5.74, 6) is -3.16. The Balaban J connectivity index is 2.40. The first kappa shape index (κ1) is 20.4. The fraction of sp³-hybridized carbons (Fsp3) is 0.143. The molecule has 0 saturated carbocycles. The van der Waals surface area contributed by atoms with Crippen molar-refractivity contribution in [2.75, 3.05) is 5.32 Å². The molecule has 0 saturated heterocycles. The Bertz CT molecular complexity index is 1030. The smallest absolute Gasteiger partial charge is 0.322 e. The van der Waals surface area contributed by atoms with Crippen molar-refractivity contribution in [3.05, 3.63) is 30.6 Å². The van der Waals surface area contributed by atoms with Gasteiger partial charge in [0.2, 0.25) is 16.0 Å². The molecule has 0 aliphatic carbocycles. The third kappa shape index (κ3) is 5.03. The summed E-state index contributed by atoms with van der Waals surface area (Å²) in [5, 5.41) is 21.4. The van der Waals surface area contributed by atoms with E-state index in [4.69, 9.17) is 27.7 Å². The number of aromatic nitrogens is 1. The maximum atomic E-state index is 12.4. The van der Waals surface area contributed by atoms with E-state index in [1.54, 1.807) is 0 Å². The average molecular weight is 416 g/mol. The van der Waals surface area contributed by atoms with Crippen LogP contribution in [0, 0.1) is 0 Å². The summed E-state index contributed by atoms with van der Waals surface area (Å²) in [7, 11) is -4.29. The van der Waals surface area contributed by atoms with Crippen LogP contribution < -0.4 is 15.8 Å². The highest BCUT2D eigenvalue weighted by molar-refractivity contribution is 7.89. The van der Waals surface area contributed by atoms with Crippen LogP contribution in [0.2, 0.25) is 0 Å². The van der Waals surface area contributed by atoms with Crippen LogP contribution in [0.5, 0.6) is 0 Å². The number of hydrogen-bond acceptors (Lipinski definition) is 6. The summed E-state index contributed by atoms with van der Waals surface area (Å²) in [6.07, 6.45) is 1.91. The summed E-state index contributed by atoms with van der Waals surface area (Å²) in [4.78, 5) is 25.5. The Morgan fingerprint density at radius 2 is 2.00 bits per heavy atom. The Morgan fingerprint density at radius 1 is 1.30 bits per heavy atom. The van der Waals surface area contributed by atoms with Crippen LogP contribution in [0.3, 0.4) is 0 Å². The Labute approximate surface area is 158 Å². The van der Waals surface area contributed by atoms with E-state index in [-0.39, 0.29) is 10.9 Å². The highest BCUT2D eigenvalue weighted by Crippen LogP contribution is 2.25. The van der Waals surface area contributed by atoms with Gasteiger partial charge in [0.25, 0.3) is 0 Å². The van der Waals surface area contributed by atoms with Crippen molar-refractivity contribution >= 4 is 56.2 Å². The van der Waals surface area contributed by atoms with Crippen molar-refractivity contribution in [3.8, 4) is 0 Å². The van der Waals surface area contributed by atoms with Crippen molar-refractivity contribution < 1.29 is 28.2 Å². The SMILES string of the molecule is NC(=NCl)Nc1cncc2cc(S(=O)(=O)N[C@H](CC(=O)O)C(=O)O)ccc12. The summed E-state index contributed by atoms with van der Waals surface area (Å²) in [5.41, 5.74) is 5.90. The van der Waals surface area contributed by atoms with Crippen LogP contribution in [0.4, 0.5) is 5.69 Å². The summed E-state index contributed by atoms with van der Waals surface area (Å²) in [6, 6.07) is 2.12. The zero-order valence-corrected chi connectivity index (χ0v) is 15.0. The number of guanidine groups is 1. The van der Waals surface area contributed by atoms with Gasteiger partial charge in [0, 0.05) is 28.7 Å². The maximum absolute atomic E-state index is 12.4. The highest BCUT2D eigenvalue weighted by Gasteiger charge is 2.27. The predicted molar refractivity (Wildman–Crippen MR) is 96.8 cm³/mol. The van der Waals surface area contributed by atoms with Gasteiger partial charge in [0.1, 0.15) is 6.04 Å². The Morgan fingerprint density at radius 3 is 2.59 bits per heavy atom. The molecule has 2 aromatic rings. The summed E-state index contributed by atoms with van der Waals surface area (Å²) in [6.45, 7) is 0. The lowest BCUT2D eigenvalue weighted by Crippen LogP contribution is -2.42. The highest BCUT2D eigenvalue weighted by atomic mass is 35.5. The van der Waals surface area contributed by atoms with Gasteiger partial charge in [-0.05, 0) is 12.1 Å². The molecule has 13 heteroatoms.